The number of amides is 1. The van der Waals surface area contributed by atoms with Crippen LogP contribution in [0.25, 0.3) is 5.76 Å². The van der Waals surface area contributed by atoms with Crippen molar-refractivity contribution in [1.82, 2.24) is 9.80 Å². The quantitative estimate of drug-likeness (QED) is 0.304. The van der Waals surface area contributed by atoms with Crippen molar-refractivity contribution in [1.29, 1.82) is 0 Å². The molecule has 0 spiro atoms. The summed E-state index contributed by atoms with van der Waals surface area (Å²) < 4.78 is 5.83. The number of likely N-dealkylation sites (N-methyl/N-ethyl adjacent to an activating group) is 1. The molecule has 4 atom stereocenters. The van der Waals surface area contributed by atoms with E-state index in [9.17, 15) is 34.8 Å². The first-order valence-electron chi connectivity index (χ1n) is 13.5. The average Bonchev–Trinajstić information content (AvgIpc) is 3.18. The van der Waals surface area contributed by atoms with Gasteiger partial charge in [-0.3, -0.25) is 24.2 Å². The number of phenols is 1. The Morgan fingerprint density at radius 2 is 1.83 bits per heavy atom. The molecule has 0 bridgehead atoms. The number of ether oxygens (including phenoxy) is 1. The molecule has 11 nitrogen and oxygen atoms in total. The fraction of sp³-hybridized carbons (Fsp3) is 0.552. The highest BCUT2D eigenvalue weighted by molar-refractivity contribution is 6.24. The van der Waals surface area contributed by atoms with Crippen LogP contribution in [0.15, 0.2) is 23.0 Å². The lowest BCUT2D eigenvalue weighted by Gasteiger charge is -2.50. The third-order valence-electron chi connectivity index (χ3n) is 9.39. The SMILES string of the molecule is COc1c(CN2CCCC2(C)C)cc(O)c2c1C[C@H]1C[C@H]3[C@H](N(C)C)C(=O)C(C(N)=O)=C(O)[C@@]3(O)C(=O)C1=C2O.Cl.Cl. The molecule has 1 saturated carbocycles. The van der Waals surface area contributed by atoms with Crippen LogP contribution in [-0.2, 0) is 27.3 Å². The van der Waals surface area contributed by atoms with Gasteiger partial charge in [-0.1, -0.05) is 0 Å². The van der Waals surface area contributed by atoms with Crippen molar-refractivity contribution in [2.24, 2.45) is 17.6 Å². The molecule has 1 aromatic rings. The Kier molecular flexibility index (Phi) is 9.10. The molecular weight excluding hydrogens is 589 g/mol. The van der Waals surface area contributed by atoms with E-state index in [1.165, 1.54) is 18.1 Å². The van der Waals surface area contributed by atoms with E-state index in [1.54, 1.807) is 14.1 Å². The van der Waals surface area contributed by atoms with Gasteiger partial charge in [-0.15, -0.1) is 24.8 Å². The molecule has 1 saturated heterocycles. The number of nitrogens with two attached hydrogens (primary N) is 1. The third kappa shape index (κ3) is 4.66. The zero-order valence-corrected chi connectivity index (χ0v) is 25.9. The number of halogens is 2. The van der Waals surface area contributed by atoms with E-state index < -0.39 is 58.0 Å². The van der Waals surface area contributed by atoms with Crippen molar-refractivity contribution in [3.8, 4) is 11.5 Å². The molecule has 42 heavy (non-hydrogen) atoms. The number of carbonyl (C=O) groups excluding carboxylic acids is 3. The number of ketones is 2. The monoisotopic (exact) mass is 627 g/mol. The first-order valence-corrected chi connectivity index (χ1v) is 13.5. The van der Waals surface area contributed by atoms with E-state index in [2.05, 4.69) is 18.7 Å². The summed E-state index contributed by atoms with van der Waals surface area (Å²) in [5.41, 5.74) is 2.96. The Labute approximate surface area is 256 Å². The molecule has 3 aliphatic carbocycles. The van der Waals surface area contributed by atoms with Gasteiger partial charge in [-0.25, -0.2) is 0 Å². The van der Waals surface area contributed by atoms with Gasteiger partial charge in [0.05, 0.1) is 18.7 Å². The maximum Gasteiger partial charge on any atom is 0.255 e. The molecule has 0 unspecified atom stereocenters. The van der Waals surface area contributed by atoms with E-state index >= 15 is 0 Å². The highest BCUT2D eigenvalue weighted by Crippen LogP contribution is 2.54. The van der Waals surface area contributed by atoms with Crippen LogP contribution in [0.5, 0.6) is 11.5 Å². The van der Waals surface area contributed by atoms with Gasteiger partial charge >= 0.3 is 0 Å². The predicted octanol–water partition coefficient (Wildman–Crippen LogP) is 2.19. The summed E-state index contributed by atoms with van der Waals surface area (Å²) in [6.45, 7) is 5.75. The molecule has 232 valence electrons. The number of phenolic OH excluding ortho intramolecular Hbond substituents is 1. The third-order valence-corrected chi connectivity index (χ3v) is 9.39. The van der Waals surface area contributed by atoms with Crippen LogP contribution in [0.4, 0.5) is 0 Å². The summed E-state index contributed by atoms with van der Waals surface area (Å²) in [6, 6.07) is 0.397. The van der Waals surface area contributed by atoms with Crippen LogP contribution in [0.1, 0.15) is 49.8 Å². The topological polar surface area (TPSA) is 174 Å². The van der Waals surface area contributed by atoms with E-state index in [1.807, 2.05) is 0 Å². The second-order valence-electron chi connectivity index (χ2n) is 12.2. The number of rotatable bonds is 5. The minimum absolute atomic E-state index is 0. The van der Waals surface area contributed by atoms with Gasteiger partial charge in [0.15, 0.2) is 11.4 Å². The molecular formula is C29H39Cl2N3O8. The van der Waals surface area contributed by atoms with Gasteiger partial charge in [0, 0.05) is 34.7 Å². The van der Waals surface area contributed by atoms with Gasteiger partial charge in [-0.05, 0) is 72.2 Å². The number of methoxy groups -OCH3 is 1. The molecule has 1 heterocycles. The number of aliphatic hydroxyl groups excluding tert-OH is 2. The van der Waals surface area contributed by atoms with Crippen molar-refractivity contribution in [2.75, 3.05) is 27.7 Å². The smallest absolute Gasteiger partial charge is 0.255 e. The molecule has 0 radical (unpaired) electrons. The molecule has 5 rings (SSSR count). The standard InChI is InChI=1S/C29H37N3O8.2ClH/c1-28(2)7-6-8-32(28)12-14-11-17(33)19-15(24(14)40-5)9-13-10-16-21(31(3)4)23(35)20(27(30)38)26(37)29(16,39)25(36)18(13)22(19)34;;/h11,13,16,21,33-34,37,39H,6-10,12H2,1-5H3,(H2,30,38);2*1H/t13-,16-,21-,29-;;/m0../s1. The van der Waals surface area contributed by atoms with Crippen LogP contribution in [0, 0.1) is 11.8 Å². The summed E-state index contributed by atoms with van der Waals surface area (Å²) in [5, 5.41) is 45.2. The first-order chi connectivity index (χ1) is 18.7. The average molecular weight is 629 g/mol. The fourth-order valence-corrected chi connectivity index (χ4v) is 7.39. The lowest BCUT2D eigenvalue weighted by atomic mass is 9.57. The number of Topliss-reactive ketones (excluding diaryl/α,β-unsaturated/α-hetero) is 2. The zero-order chi connectivity index (χ0) is 29.5. The number of nitrogens with zero attached hydrogens (tertiary/aromatic N) is 2. The number of hydrogen-bond donors (Lipinski definition) is 5. The van der Waals surface area contributed by atoms with Crippen molar-refractivity contribution in [2.45, 2.75) is 63.3 Å². The van der Waals surface area contributed by atoms with E-state index in [-0.39, 0.29) is 60.1 Å². The number of aliphatic hydroxyl groups is 3. The van der Waals surface area contributed by atoms with E-state index in [4.69, 9.17) is 10.5 Å². The highest BCUT2D eigenvalue weighted by Gasteiger charge is 2.64. The Bertz CT molecular complexity index is 1410. The molecule has 1 aliphatic heterocycles. The van der Waals surface area contributed by atoms with Gasteiger partial charge in [0.25, 0.3) is 5.91 Å². The van der Waals surface area contributed by atoms with Gasteiger partial charge < -0.3 is 30.9 Å². The number of primary amides is 1. The van der Waals surface area contributed by atoms with Crippen LogP contribution >= 0.6 is 24.8 Å². The summed E-state index contributed by atoms with van der Waals surface area (Å²) >= 11 is 0. The maximum atomic E-state index is 14.0. The Hall–Kier alpha value is -2.83. The zero-order valence-electron chi connectivity index (χ0n) is 24.3. The second-order valence-corrected chi connectivity index (χ2v) is 12.2. The number of fused-ring (bicyclic) bond motifs is 3. The highest BCUT2D eigenvalue weighted by atomic mass is 35.5. The summed E-state index contributed by atoms with van der Waals surface area (Å²) in [7, 11) is 4.66. The van der Waals surface area contributed by atoms with Gasteiger partial charge in [0.2, 0.25) is 5.78 Å². The molecule has 4 aliphatic rings. The van der Waals surface area contributed by atoms with Gasteiger partial charge in [0.1, 0.15) is 28.6 Å². The first kappa shape index (κ1) is 33.7. The Morgan fingerprint density at radius 1 is 1.19 bits per heavy atom. The number of benzene rings is 1. The molecule has 6 N–H and O–H groups in total. The summed E-state index contributed by atoms with van der Waals surface area (Å²) in [6.07, 6.45) is 2.30. The summed E-state index contributed by atoms with van der Waals surface area (Å²) in [4.78, 5) is 43.1. The molecule has 2 fully saturated rings. The van der Waals surface area contributed by atoms with Gasteiger partial charge in [-0.2, -0.15) is 0 Å². The number of hydrogen-bond acceptors (Lipinski definition) is 10. The van der Waals surface area contributed by atoms with Crippen LogP contribution in [0.3, 0.4) is 0 Å². The maximum absolute atomic E-state index is 14.0. The van der Waals surface area contributed by atoms with Crippen LogP contribution in [0.2, 0.25) is 0 Å². The lowest BCUT2D eigenvalue weighted by Crippen LogP contribution is -2.65. The van der Waals surface area contributed by atoms with E-state index in [0.29, 0.717) is 17.9 Å². The number of likely N-dealkylation sites (tertiary alicyclic amines) is 1. The largest absolute Gasteiger partial charge is 0.508 e. The number of aromatic hydroxyl groups is 1. The van der Waals surface area contributed by atoms with Crippen molar-refractivity contribution in [3.05, 3.63) is 39.7 Å². The molecule has 13 heteroatoms. The number of carbonyl (C=O) groups is 3. The predicted molar refractivity (Wildman–Crippen MR) is 159 cm³/mol. The van der Waals surface area contributed by atoms with Crippen molar-refractivity contribution in [3.63, 3.8) is 0 Å². The van der Waals surface area contributed by atoms with Crippen LogP contribution < -0.4 is 10.5 Å². The molecule has 1 aromatic carbocycles. The molecule has 1 amide bonds. The minimum atomic E-state index is -2.66. The normalized spacial score (nSPS) is 28.5. The van der Waals surface area contributed by atoms with E-state index in [0.717, 1.165) is 24.9 Å². The Morgan fingerprint density at radius 3 is 2.36 bits per heavy atom. The minimum Gasteiger partial charge on any atom is -0.508 e. The lowest BCUT2D eigenvalue weighted by molar-refractivity contribution is -0.153. The Balaban J connectivity index is 0.00000242. The molecule has 0 aromatic heterocycles. The van der Waals surface area contributed by atoms with Crippen LogP contribution in [-0.4, -0.2) is 92.6 Å². The fourth-order valence-electron chi connectivity index (χ4n) is 7.39. The van der Waals surface area contributed by atoms with Crippen molar-refractivity contribution >= 4 is 48.0 Å². The summed E-state index contributed by atoms with van der Waals surface area (Å²) in [5.74, 6) is -6.24. The second kappa shape index (κ2) is 11.3. The van der Waals surface area contributed by atoms with Crippen molar-refractivity contribution < 1.29 is 39.5 Å².